The summed E-state index contributed by atoms with van der Waals surface area (Å²) in [5.74, 6) is 0. The van der Waals surface area contributed by atoms with Crippen molar-refractivity contribution in [3.05, 3.63) is 33.3 Å². The Labute approximate surface area is 127 Å². The highest BCUT2D eigenvalue weighted by molar-refractivity contribution is 7.89. The lowest BCUT2D eigenvalue weighted by Crippen LogP contribution is -2.45. The molecular formula is C12H15ClN2O5S. The average molecular weight is 335 g/mol. The number of aliphatic hydroxyl groups is 1. The lowest BCUT2D eigenvalue weighted by Gasteiger charge is -2.27. The average Bonchev–Trinajstić information content (AvgIpc) is 2.40. The first kappa shape index (κ1) is 16.2. The molecule has 1 aromatic carbocycles. The maximum Gasteiger partial charge on any atom is 0.290 e. The molecule has 7 nitrogen and oxygen atoms in total. The van der Waals surface area contributed by atoms with Gasteiger partial charge in [0.05, 0.1) is 11.0 Å². The van der Waals surface area contributed by atoms with Crippen LogP contribution in [0, 0.1) is 10.1 Å². The summed E-state index contributed by atoms with van der Waals surface area (Å²) in [5.41, 5.74) is -0.583. The first-order valence-electron chi connectivity index (χ1n) is 6.45. The van der Waals surface area contributed by atoms with Crippen molar-refractivity contribution in [1.29, 1.82) is 0 Å². The lowest BCUT2D eigenvalue weighted by molar-refractivity contribution is -0.387. The van der Waals surface area contributed by atoms with E-state index in [1.54, 1.807) is 0 Å². The molecule has 0 bridgehead atoms. The van der Waals surface area contributed by atoms with Gasteiger partial charge in [0.2, 0.25) is 10.0 Å². The van der Waals surface area contributed by atoms with Gasteiger partial charge < -0.3 is 5.11 Å². The van der Waals surface area contributed by atoms with E-state index in [0.717, 1.165) is 25.0 Å². The van der Waals surface area contributed by atoms with Gasteiger partial charge in [0.25, 0.3) is 5.69 Å². The minimum absolute atomic E-state index is 0.0818. The second-order valence-electron chi connectivity index (χ2n) is 4.95. The highest BCUT2D eigenvalue weighted by Gasteiger charge is 2.32. The molecule has 0 amide bonds. The summed E-state index contributed by atoms with van der Waals surface area (Å²) in [5, 5.41) is 20.9. The summed E-state index contributed by atoms with van der Waals surface area (Å²) < 4.78 is 27.0. The number of nitrogens with one attached hydrogen (secondary N) is 1. The predicted molar refractivity (Wildman–Crippen MR) is 76.7 cm³/mol. The predicted octanol–water partition coefficient (Wildman–Crippen LogP) is 1.83. The van der Waals surface area contributed by atoms with Gasteiger partial charge >= 0.3 is 0 Å². The Kier molecular flexibility index (Phi) is 4.82. The summed E-state index contributed by atoms with van der Waals surface area (Å²) in [7, 11) is -4.10. The Hall–Kier alpha value is -1.22. The van der Waals surface area contributed by atoms with Crippen molar-refractivity contribution in [3.8, 4) is 0 Å². The molecule has 2 N–H and O–H groups in total. The van der Waals surface area contributed by atoms with E-state index in [4.69, 9.17) is 11.6 Å². The van der Waals surface area contributed by atoms with Gasteiger partial charge in [-0.25, -0.2) is 13.1 Å². The molecule has 1 aromatic rings. The van der Waals surface area contributed by atoms with Crippen LogP contribution in [0.1, 0.15) is 25.7 Å². The molecule has 0 radical (unpaired) electrons. The van der Waals surface area contributed by atoms with E-state index in [1.165, 1.54) is 6.07 Å². The monoisotopic (exact) mass is 334 g/mol. The van der Waals surface area contributed by atoms with E-state index < -0.39 is 37.7 Å². The third kappa shape index (κ3) is 3.70. The van der Waals surface area contributed by atoms with Crippen LogP contribution in [0.25, 0.3) is 0 Å². The number of hydrogen-bond acceptors (Lipinski definition) is 5. The van der Waals surface area contributed by atoms with E-state index in [9.17, 15) is 23.6 Å². The maximum atomic E-state index is 12.3. The van der Waals surface area contributed by atoms with E-state index in [0.29, 0.717) is 12.8 Å². The summed E-state index contributed by atoms with van der Waals surface area (Å²) in [6.45, 7) is 0. The molecule has 0 unspecified atom stereocenters. The van der Waals surface area contributed by atoms with Gasteiger partial charge in [0, 0.05) is 17.1 Å². The maximum absolute atomic E-state index is 12.3. The molecule has 0 aliphatic heterocycles. The minimum Gasteiger partial charge on any atom is -0.391 e. The van der Waals surface area contributed by atoms with Crippen molar-refractivity contribution in [2.24, 2.45) is 0 Å². The Morgan fingerprint density at radius 1 is 1.33 bits per heavy atom. The first-order valence-corrected chi connectivity index (χ1v) is 8.32. The number of hydrogen-bond donors (Lipinski definition) is 2. The van der Waals surface area contributed by atoms with Crippen LogP contribution in [0.4, 0.5) is 5.69 Å². The molecule has 2 rings (SSSR count). The van der Waals surface area contributed by atoms with E-state index >= 15 is 0 Å². The van der Waals surface area contributed by atoms with Crippen LogP contribution < -0.4 is 4.72 Å². The molecule has 1 aliphatic carbocycles. The van der Waals surface area contributed by atoms with Crippen molar-refractivity contribution in [1.82, 2.24) is 4.72 Å². The number of nitro benzene ring substituents is 1. The van der Waals surface area contributed by atoms with Crippen LogP contribution in [0.3, 0.4) is 0 Å². The molecule has 21 heavy (non-hydrogen) atoms. The van der Waals surface area contributed by atoms with Crippen LogP contribution in [0.15, 0.2) is 23.1 Å². The minimum atomic E-state index is -4.10. The van der Waals surface area contributed by atoms with Crippen molar-refractivity contribution < 1.29 is 18.4 Å². The highest BCUT2D eigenvalue weighted by Crippen LogP contribution is 2.28. The zero-order valence-electron chi connectivity index (χ0n) is 11.0. The number of rotatable bonds is 4. The van der Waals surface area contributed by atoms with Gasteiger partial charge in [-0.05, 0) is 25.0 Å². The fraction of sp³-hybridized carbons (Fsp3) is 0.500. The first-order chi connectivity index (χ1) is 9.81. The number of aliphatic hydroxyl groups excluding tert-OH is 1. The summed E-state index contributed by atoms with van der Waals surface area (Å²) in [6.07, 6.45) is 1.87. The van der Waals surface area contributed by atoms with Gasteiger partial charge in [0.1, 0.15) is 0 Å². The Morgan fingerprint density at radius 2 is 2.00 bits per heavy atom. The van der Waals surface area contributed by atoms with Crippen LogP contribution in [-0.2, 0) is 10.0 Å². The number of sulfonamides is 1. The van der Waals surface area contributed by atoms with E-state index in [1.807, 2.05) is 0 Å². The second-order valence-corrected chi connectivity index (χ2v) is 7.07. The molecule has 116 valence electrons. The molecular weight excluding hydrogens is 320 g/mol. The lowest BCUT2D eigenvalue weighted by atomic mass is 9.93. The molecule has 0 saturated heterocycles. The molecule has 0 aromatic heterocycles. The van der Waals surface area contributed by atoms with Crippen LogP contribution in [0.5, 0.6) is 0 Å². The van der Waals surface area contributed by atoms with E-state index in [-0.39, 0.29) is 5.02 Å². The van der Waals surface area contributed by atoms with Crippen molar-refractivity contribution in [2.75, 3.05) is 0 Å². The smallest absolute Gasteiger partial charge is 0.290 e. The summed E-state index contributed by atoms with van der Waals surface area (Å²) in [6, 6.07) is 2.74. The van der Waals surface area contributed by atoms with Crippen LogP contribution >= 0.6 is 11.6 Å². The normalized spacial score (nSPS) is 23.0. The van der Waals surface area contributed by atoms with Crippen molar-refractivity contribution in [3.63, 3.8) is 0 Å². The van der Waals surface area contributed by atoms with Gasteiger partial charge in [-0.2, -0.15) is 0 Å². The fourth-order valence-electron chi connectivity index (χ4n) is 2.37. The Morgan fingerprint density at radius 3 is 2.62 bits per heavy atom. The molecule has 0 heterocycles. The molecule has 0 spiro atoms. The number of nitrogens with zero attached hydrogens (tertiary/aromatic N) is 1. The summed E-state index contributed by atoms with van der Waals surface area (Å²) >= 11 is 5.67. The molecule has 2 atom stereocenters. The number of halogens is 1. The zero-order valence-corrected chi connectivity index (χ0v) is 12.6. The van der Waals surface area contributed by atoms with Gasteiger partial charge in [-0.15, -0.1) is 0 Å². The Balaban J connectivity index is 2.33. The molecule has 1 fully saturated rings. The molecule has 1 aliphatic rings. The molecule has 1 saturated carbocycles. The fourth-order valence-corrected chi connectivity index (χ4v) is 3.99. The standard InChI is InChI=1S/C12H15ClN2O5S/c13-8-5-6-12(10(7-8)15(17)18)21(19,20)14-9-3-1-2-4-11(9)16/h5-7,9,11,14,16H,1-4H2/t9-,11-/m0/s1. The van der Waals surface area contributed by atoms with Crippen molar-refractivity contribution in [2.45, 2.75) is 42.7 Å². The van der Waals surface area contributed by atoms with Crippen molar-refractivity contribution >= 4 is 27.3 Å². The van der Waals surface area contributed by atoms with Crippen LogP contribution in [0.2, 0.25) is 5.02 Å². The zero-order chi connectivity index (χ0) is 15.6. The second kappa shape index (κ2) is 6.27. The van der Waals surface area contributed by atoms with Gasteiger partial charge in [-0.1, -0.05) is 24.4 Å². The largest absolute Gasteiger partial charge is 0.391 e. The number of benzene rings is 1. The Bertz CT molecular complexity index is 649. The van der Waals surface area contributed by atoms with E-state index in [2.05, 4.69) is 4.72 Å². The van der Waals surface area contributed by atoms with Gasteiger partial charge in [-0.3, -0.25) is 10.1 Å². The third-order valence-electron chi connectivity index (χ3n) is 3.44. The topological polar surface area (TPSA) is 110 Å². The quantitative estimate of drug-likeness (QED) is 0.644. The van der Waals surface area contributed by atoms with Gasteiger partial charge in [0.15, 0.2) is 4.90 Å². The van der Waals surface area contributed by atoms with Crippen LogP contribution in [-0.4, -0.2) is 30.6 Å². The highest BCUT2D eigenvalue weighted by atomic mass is 35.5. The summed E-state index contributed by atoms with van der Waals surface area (Å²) in [4.78, 5) is 9.74. The molecule has 9 heteroatoms. The third-order valence-corrected chi connectivity index (χ3v) is 5.22. The number of nitro groups is 1. The SMILES string of the molecule is O=[N+]([O-])c1cc(Cl)ccc1S(=O)(=O)N[C@H]1CCCC[C@@H]1O.